The van der Waals surface area contributed by atoms with Crippen LogP contribution in [0.2, 0.25) is 0 Å². The molecule has 0 bridgehead atoms. The lowest BCUT2D eigenvalue weighted by Gasteiger charge is -2.08. The maximum absolute atomic E-state index is 5.71. The first kappa shape index (κ1) is 13.6. The van der Waals surface area contributed by atoms with Gasteiger partial charge in [0.2, 0.25) is 0 Å². The summed E-state index contributed by atoms with van der Waals surface area (Å²) < 4.78 is 7.71. The third-order valence-corrected chi connectivity index (χ3v) is 3.47. The van der Waals surface area contributed by atoms with Crippen molar-refractivity contribution in [3.8, 4) is 5.75 Å². The van der Waals surface area contributed by atoms with Gasteiger partial charge in [0.15, 0.2) is 0 Å². The molecule has 0 radical (unpaired) electrons. The summed E-state index contributed by atoms with van der Waals surface area (Å²) >= 11 is 0. The van der Waals surface area contributed by atoms with Crippen molar-refractivity contribution in [3.05, 3.63) is 46.8 Å². The zero-order chi connectivity index (χ0) is 13.8. The van der Waals surface area contributed by atoms with Gasteiger partial charge in [-0.2, -0.15) is 5.10 Å². The Morgan fingerprint density at radius 2 is 1.84 bits per heavy atom. The van der Waals surface area contributed by atoms with Crippen molar-refractivity contribution in [2.24, 2.45) is 5.73 Å². The van der Waals surface area contributed by atoms with Crippen LogP contribution in [-0.2, 0) is 13.1 Å². The lowest BCUT2D eigenvalue weighted by Crippen LogP contribution is -2.11. The topological polar surface area (TPSA) is 53.1 Å². The quantitative estimate of drug-likeness (QED) is 0.896. The van der Waals surface area contributed by atoms with Crippen molar-refractivity contribution in [2.45, 2.75) is 33.9 Å². The van der Waals surface area contributed by atoms with Gasteiger partial charge < -0.3 is 10.5 Å². The molecule has 4 nitrogen and oxygen atoms in total. The second-order valence-corrected chi connectivity index (χ2v) is 4.72. The normalized spacial score (nSPS) is 10.7. The molecular formula is C15H21N3O. The van der Waals surface area contributed by atoms with Crippen molar-refractivity contribution >= 4 is 0 Å². The summed E-state index contributed by atoms with van der Waals surface area (Å²) in [5.74, 6) is 0.871. The summed E-state index contributed by atoms with van der Waals surface area (Å²) in [5.41, 5.74) is 10.2. The molecular weight excluding hydrogens is 238 g/mol. The number of aromatic nitrogens is 2. The van der Waals surface area contributed by atoms with Crippen LogP contribution in [0.4, 0.5) is 0 Å². The molecule has 0 amide bonds. The maximum atomic E-state index is 5.71. The van der Waals surface area contributed by atoms with E-state index in [9.17, 15) is 0 Å². The molecule has 2 N–H and O–H groups in total. The number of aryl methyl sites for hydroxylation is 1. The number of rotatable bonds is 5. The Labute approximate surface area is 114 Å². The first-order chi connectivity index (χ1) is 9.11. The van der Waals surface area contributed by atoms with Crippen LogP contribution in [0.15, 0.2) is 24.3 Å². The van der Waals surface area contributed by atoms with Gasteiger partial charge in [-0.1, -0.05) is 12.1 Å². The molecule has 0 saturated heterocycles. The van der Waals surface area contributed by atoms with Gasteiger partial charge in [-0.05, 0) is 44.0 Å². The Hall–Kier alpha value is -1.81. The summed E-state index contributed by atoms with van der Waals surface area (Å²) in [6, 6.07) is 7.88. The van der Waals surface area contributed by atoms with Gasteiger partial charge in [0.05, 0.1) is 12.2 Å². The zero-order valence-corrected chi connectivity index (χ0v) is 11.8. The molecule has 1 aromatic heterocycles. The molecule has 0 aliphatic carbocycles. The fourth-order valence-electron chi connectivity index (χ4n) is 1.98. The molecule has 0 saturated carbocycles. The first-order valence-electron chi connectivity index (χ1n) is 6.54. The van der Waals surface area contributed by atoms with E-state index in [4.69, 9.17) is 10.5 Å². The minimum absolute atomic E-state index is 0.561. The van der Waals surface area contributed by atoms with Crippen molar-refractivity contribution in [2.75, 3.05) is 6.61 Å². The standard InChI is InChI=1S/C15H21N3O/c1-11-12(2)17-18(13(11)3)8-9-19-15-6-4-14(10-16)5-7-15/h4-7H,8-10,16H2,1-3H3. The number of hydrogen-bond acceptors (Lipinski definition) is 3. The monoisotopic (exact) mass is 259 g/mol. The number of ether oxygens (including phenoxy) is 1. The molecule has 0 aliphatic heterocycles. The highest BCUT2D eigenvalue weighted by atomic mass is 16.5. The van der Waals surface area contributed by atoms with Crippen LogP contribution < -0.4 is 10.5 Å². The molecule has 19 heavy (non-hydrogen) atoms. The van der Waals surface area contributed by atoms with E-state index in [0.717, 1.165) is 23.6 Å². The molecule has 0 atom stereocenters. The highest BCUT2D eigenvalue weighted by Crippen LogP contribution is 2.13. The Kier molecular flexibility index (Phi) is 4.22. The van der Waals surface area contributed by atoms with Crippen LogP contribution in [0.1, 0.15) is 22.5 Å². The van der Waals surface area contributed by atoms with E-state index in [0.29, 0.717) is 13.2 Å². The third kappa shape index (κ3) is 3.15. The van der Waals surface area contributed by atoms with Crippen LogP contribution in [0.5, 0.6) is 5.75 Å². The molecule has 0 fully saturated rings. The summed E-state index contributed by atoms with van der Waals surface area (Å²) in [6.45, 7) is 8.16. The Bertz CT molecular complexity index is 543. The largest absolute Gasteiger partial charge is 0.492 e. The molecule has 1 aromatic carbocycles. The van der Waals surface area contributed by atoms with E-state index in [1.165, 1.54) is 11.3 Å². The van der Waals surface area contributed by atoms with Crippen LogP contribution in [-0.4, -0.2) is 16.4 Å². The minimum Gasteiger partial charge on any atom is -0.492 e. The minimum atomic E-state index is 0.561. The van der Waals surface area contributed by atoms with Crippen LogP contribution >= 0.6 is 0 Å². The summed E-state index contributed by atoms with van der Waals surface area (Å²) in [5, 5.41) is 4.49. The van der Waals surface area contributed by atoms with Crippen LogP contribution in [0.3, 0.4) is 0 Å². The zero-order valence-electron chi connectivity index (χ0n) is 11.8. The SMILES string of the molecule is Cc1nn(CCOc2ccc(CN)cc2)c(C)c1C. The predicted octanol–water partition coefficient (Wildman–Crippen LogP) is 2.35. The van der Waals surface area contributed by atoms with Crippen molar-refractivity contribution in [1.82, 2.24) is 9.78 Å². The third-order valence-electron chi connectivity index (χ3n) is 3.47. The van der Waals surface area contributed by atoms with Crippen LogP contribution in [0, 0.1) is 20.8 Å². The first-order valence-corrected chi connectivity index (χ1v) is 6.54. The molecule has 102 valence electrons. The van der Waals surface area contributed by atoms with E-state index in [1.807, 2.05) is 35.9 Å². The van der Waals surface area contributed by atoms with E-state index < -0.39 is 0 Å². The van der Waals surface area contributed by atoms with Crippen molar-refractivity contribution < 1.29 is 4.74 Å². The number of nitrogens with two attached hydrogens (primary N) is 1. The smallest absolute Gasteiger partial charge is 0.119 e. The van der Waals surface area contributed by atoms with Gasteiger partial charge in [-0.15, -0.1) is 0 Å². The molecule has 2 aromatic rings. The lowest BCUT2D eigenvalue weighted by atomic mass is 10.2. The van der Waals surface area contributed by atoms with E-state index >= 15 is 0 Å². The van der Waals surface area contributed by atoms with Crippen molar-refractivity contribution in [3.63, 3.8) is 0 Å². The van der Waals surface area contributed by atoms with Gasteiger partial charge in [0, 0.05) is 12.2 Å². The molecule has 0 spiro atoms. The lowest BCUT2D eigenvalue weighted by molar-refractivity contribution is 0.289. The second-order valence-electron chi connectivity index (χ2n) is 4.72. The number of hydrogen-bond donors (Lipinski definition) is 1. The number of nitrogens with zero attached hydrogens (tertiary/aromatic N) is 2. The molecule has 2 rings (SSSR count). The average Bonchev–Trinajstić information content (AvgIpc) is 2.67. The molecule has 1 heterocycles. The Morgan fingerprint density at radius 3 is 2.37 bits per heavy atom. The Morgan fingerprint density at radius 1 is 1.16 bits per heavy atom. The van der Waals surface area contributed by atoms with Gasteiger partial charge in [0.25, 0.3) is 0 Å². The molecule has 4 heteroatoms. The maximum Gasteiger partial charge on any atom is 0.119 e. The fourth-order valence-corrected chi connectivity index (χ4v) is 1.98. The summed E-state index contributed by atoms with van der Waals surface area (Å²) in [6.07, 6.45) is 0. The van der Waals surface area contributed by atoms with E-state index in [1.54, 1.807) is 0 Å². The molecule has 0 aliphatic rings. The van der Waals surface area contributed by atoms with E-state index in [2.05, 4.69) is 18.9 Å². The summed E-state index contributed by atoms with van der Waals surface area (Å²) in [4.78, 5) is 0. The molecule has 0 unspecified atom stereocenters. The fraction of sp³-hybridized carbons (Fsp3) is 0.400. The number of benzene rings is 1. The van der Waals surface area contributed by atoms with Crippen molar-refractivity contribution in [1.29, 1.82) is 0 Å². The van der Waals surface area contributed by atoms with Crippen LogP contribution in [0.25, 0.3) is 0 Å². The van der Waals surface area contributed by atoms with E-state index in [-0.39, 0.29) is 0 Å². The predicted molar refractivity (Wildman–Crippen MR) is 76.3 cm³/mol. The Balaban J connectivity index is 1.90. The van der Waals surface area contributed by atoms with Gasteiger partial charge >= 0.3 is 0 Å². The average molecular weight is 259 g/mol. The van der Waals surface area contributed by atoms with Gasteiger partial charge in [-0.25, -0.2) is 0 Å². The summed E-state index contributed by atoms with van der Waals surface area (Å²) in [7, 11) is 0. The highest BCUT2D eigenvalue weighted by Gasteiger charge is 2.06. The second kappa shape index (κ2) is 5.89. The highest BCUT2D eigenvalue weighted by molar-refractivity contribution is 5.27. The van der Waals surface area contributed by atoms with Gasteiger partial charge in [-0.3, -0.25) is 4.68 Å². The van der Waals surface area contributed by atoms with Gasteiger partial charge in [0.1, 0.15) is 12.4 Å².